The number of rotatable bonds is 5. The van der Waals surface area contributed by atoms with Crippen LogP contribution in [0.1, 0.15) is 40.0 Å². The van der Waals surface area contributed by atoms with Crippen LogP contribution in [0.5, 0.6) is 0 Å². The number of furan rings is 1. The SMILES string of the molecule is Cc1ncsc1C(=O)NCC(c1ccco1)N1CCCC1.O=C(O)C(F)(F)F. The van der Waals surface area contributed by atoms with Crippen LogP contribution in [0.15, 0.2) is 28.3 Å². The Hall–Kier alpha value is -2.40. The first-order valence-electron chi connectivity index (χ1n) is 8.46. The predicted octanol–water partition coefficient (Wildman–Crippen LogP) is 3.24. The average molecular weight is 419 g/mol. The largest absolute Gasteiger partial charge is 0.490 e. The molecule has 1 unspecified atom stereocenters. The van der Waals surface area contributed by atoms with Crippen LogP contribution in [-0.2, 0) is 4.79 Å². The van der Waals surface area contributed by atoms with E-state index in [-0.39, 0.29) is 11.9 Å². The smallest absolute Gasteiger partial charge is 0.475 e. The number of hydrogen-bond donors (Lipinski definition) is 2. The van der Waals surface area contributed by atoms with Crippen LogP contribution >= 0.6 is 11.3 Å². The fraction of sp³-hybridized carbons (Fsp3) is 0.471. The van der Waals surface area contributed by atoms with Gasteiger partial charge in [0.2, 0.25) is 0 Å². The highest BCUT2D eigenvalue weighted by Crippen LogP contribution is 2.25. The van der Waals surface area contributed by atoms with Crippen LogP contribution in [0.4, 0.5) is 13.2 Å². The maximum Gasteiger partial charge on any atom is 0.490 e. The van der Waals surface area contributed by atoms with E-state index in [1.165, 1.54) is 24.2 Å². The molecule has 0 spiro atoms. The summed E-state index contributed by atoms with van der Waals surface area (Å²) >= 11 is 1.38. The summed E-state index contributed by atoms with van der Waals surface area (Å²) in [5, 5.41) is 10.1. The third-order valence-electron chi connectivity index (χ3n) is 4.10. The molecule has 1 atom stereocenters. The Morgan fingerprint density at radius 1 is 1.39 bits per heavy atom. The molecule has 11 heteroatoms. The first kappa shape index (κ1) is 21.9. The maximum atomic E-state index is 12.2. The first-order chi connectivity index (χ1) is 13.2. The summed E-state index contributed by atoms with van der Waals surface area (Å²) in [7, 11) is 0. The summed E-state index contributed by atoms with van der Waals surface area (Å²) < 4.78 is 37.3. The third-order valence-corrected chi connectivity index (χ3v) is 5.03. The van der Waals surface area contributed by atoms with E-state index in [1.54, 1.807) is 11.8 Å². The molecule has 2 aromatic rings. The second-order valence-electron chi connectivity index (χ2n) is 6.05. The molecule has 0 bridgehead atoms. The Balaban J connectivity index is 0.000000345. The van der Waals surface area contributed by atoms with E-state index in [2.05, 4.69) is 15.2 Å². The fourth-order valence-electron chi connectivity index (χ4n) is 2.73. The lowest BCUT2D eigenvalue weighted by atomic mass is 10.2. The number of nitrogens with one attached hydrogen (secondary N) is 1. The van der Waals surface area contributed by atoms with Gasteiger partial charge in [-0.15, -0.1) is 11.3 Å². The lowest BCUT2D eigenvalue weighted by Gasteiger charge is -2.25. The first-order valence-corrected chi connectivity index (χ1v) is 9.34. The lowest BCUT2D eigenvalue weighted by Crippen LogP contribution is -2.36. The van der Waals surface area contributed by atoms with Crippen molar-refractivity contribution in [2.24, 2.45) is 0 Å². The molecule has 2 N–H and O–H groups in total. The van der Waals surface area contributed by atoms with Crippen LogP contribution in [0.3, 0.4) is 0 Å². The normalized spacial score (nSPS) is 15.6. The van der Waals surface area contributed by atoms with Gasteiger partial charge >= 0.3 is 12.1 Å². The zero-order valence-corrected chi connectivity index (χ0v) is 15.8. The molecule has 1 fully saturated rings. The number of aryl methyl sites for hydroxylation is 1. The molecule has 3 heterocycles. The number of hydrogen-bond acceptors (Lipinski definition) is 6. The summed E-state index contributed by atoms with van der Waals surface area (Å²) in [5.41, 5.74) is 2.49. The number of thiazole rings is 1. The molecule has 154 valence electrons. The second-order valence-corrected chi connectivity index (χ2v) is 6.91. The van der Waals surface area contributed by atoms with Gasteiger partial charge in [0.25, 0.3) is 5.91 Å². The molecule has 1 aliphatic heterocycles. The maximum absolute atomic E-state index is 12.2. The number of amides is 1. The average Bonchev–Trinajstić information content (AvgIpc) is 3.37. The third kappa shape index (κ3) is 6.06. The molecule has 1 saturated heterocycles. The zero-order valence-electron chi connectivity index (χ0n) is 15.0. The number of nitrogens with zero attached hydrogens (tertiary/aromatic N) is 2. The fourth-order valence-corrected chi connectivity index (χ4v) is 3.45. The van der Waals surface area contributed by atoms with Crippen LogP contribution in [0.25, 0.3) is 0 Å². The van der Waals surface area contributed by atoms with Gasteiger partial charge in [-0.1, -0.05) is 0 Å². The van der Waals surface area contributed by atoms with Gasteiger partial charge in [0.1, 0.15) is 10.6 Å². The molecule has 1 amide bonds. The van der Waals surface area contributed by atoms with E-state index in [4.69, 9.17) is 14.3 Å². The highest BCUT2D eigenvalue weighted by molar-refractivity contribution is 7.11. The Labute approximate surface area is 163 Å². The number of aliphatic carboxylic acids is 1. The molecule has 0 aromatic carbocycles. The lowest BCUT2D eigenvalue weighted by molar-refractivity contribution is -0.192. The number of aromatic nitrogens is 1. The van der Waals surface area contributed by atoms with Crippen molar-refractivity contribution < 1.29 is 32.3 Å². The van der Waals surface area contributed by atoms with Gasteiger partial charge in [-0.2, -0.15) is 13.2 Å². The van der Waals surface area contributed by atoms with Crippen molar-refractivity contribution in [2.75, 3.05) is 19.6 Å². The predicted molar refractivity (Wildman–Crippen MR) is 95.1 cm³/mol. The topological polar surface area (TPSA) is 95.7 Å². The molecule has 7 nitrogen and oxygen atoms in total. The molecule has 0 saturated carbocycles. The van der Waals surface area contributed by atoms with E-state index < -0.39 is 12.1 Å². The van der Waals surface area contributed by atoms with E-state index in [1.807, 2.05) is 19.1 Å². The van der Waals surface area contributed by atoms with Gasteiger partial charge in [-0.25, -0.2) is 9.78 Å². The van der Waals surface area contributed by atoms with Gasteiger partial charge in [-0.3, -0.25) is 9.69 Å². The van der Waals surface area contributed by atoms with Crippen molar-refractivity contribution in [3.8, 4) is 0 Å². The number of carbonyl (C=O) groups excluding carboxylic acids is 1. The summed E-state index contributed by atoms with van der Waals surface area (Å²) in [6.45, 7) is 4.53. The van der Waals surface area contributed by atoms with Gasteiger partial charge in [0, 0.05) is 6.54 Å². The van der Waals surface area contributed by atoms with Gasteiger partial charge in [0.15, 0.2) is 0 Å². The summed E-state index contributed by atoms with van der Waals surface area (Å²) in [4.78, 5) is 28.3. The van der Waals surface area contributed by atoms with Crippen LogP contribution in [0.2, 0.25) is 0 Å². The van der Waals surface area contributed by atoms with Crippen molar-refractivity contribution in [2.45, 2.75) is 32.0 Å². The molecular weight excluding hydrogens is 399 g/mol. The second kappa shape index (κ2) is 9.69. The van der Waals surface area contributed by atoms with Crippen molar-refractivity contribution >= 4 is 23.2 Å². The molecule has 1 aliphatic rings. The van der Waals surface area contributed by atoms with Crippen LogP contribution in [0, 0.1) is 6.92 Å². The van der Waals surface area contributed by atoms with Gasteiger partial charge in [-0.05, 0) is 45.0 Å². The summed E-state index contributed by atoms with van der Waals surface area (Å²) in [5.74, 6) is -1.89. The molecule has 0 aliphatic carbocycles. The highest BCUT2D eigenvalue weighted by Gasteiger charge is 2.38. The number of carboxylic acid groups (broad SMARTS) is 1. The van der Waals surface area contributed by atoms with Crippen molar-refractivity contribution in [1.82, 2.24) is 15.2 Å². The molecular formula is C17H20F3N3O4S. The molecule has 3 rings (SSSR count). The van der Waals surface area contributed by atoms with E-state index in [9.17, 15) is 18.0 Å². The summed E-state index contributed by atoms with van der Waals surface area (Å²) in [6, 6.07) is 3.99. The Bertz CT molecular complexity index is 771. The highest BCUT2D eigenvalue weighted by atomic mass is 32.1. The Morgan fingerprint density at radius 2 is 2.04 bits per heavy atom. The Kier molecular flexibility index (Phi) is 7.58. The van der Waals surface area contributed by atoms with Crippen LogP contribution < -0.4 is 5.32 Å². The van der Waals surface area contributed by atoms with Gasteiger partial charge < -0.3 is 14.8 Å². The number of carbonyl (C=O) groups is 2. The molecule has 2 aromatic heterocycles. The van der Waals surface area contributed by atoms with E-state index in [0.717, 1.165) is 24.5 Å². The quantitative estimate of drug-likeness (QED) is 0.773. The minimum Gasteiger partial charge on any atom is -0.475 e. The zero-order chi connectivity index (χ0) is 20.7. The summed E-state index contributed by atoms with van der Waals surface area (Å²) in [6.07, 6.45) is -0.980. The number of alkyl halides is 3. The molecule has 28 heavy (non-hydrogen) atoms. The van der Waals surface area contributed by atoms with Crippen LogP contribution in [-0.4, -0.2) is 52.7 Å². The minimum absolute atomic E-state index is 0.0502. The number of halogens is 3. The standard InChI is InChI=1S/C15H19N3O2S.C2HF3O2/c1-11-14(21-10-17-11)15(19)16-9-12(13-5-4-8-20-13)18-6-2-3-7-18;3-2(4,5)1(6)7/h4-5,8,10,12H,2-3,6-7,9H2,1H3,(H,16,19);(H,6,7). The van der Waals surface area contributed by atoms with E-state index >= 15 is 0 Å². The van der Waals surface area contributed by atoms with E-state index in [0.29, 0.717) is 11.4 Å². The number of likely N-dealkylation sites (tertiary alicyclic amines) is 1. The van der Waals surface area contributed by atoms with Gasteiger partial charge in [0.05, 0.1) is 23.5 Å². The Morgan fingerprint density at radius 3 is 2.50 bits per heavy atom. The monoisotopic (exact) mass is 419 g/mol. The minimum atomic E-state index is -5.08. The van der Waals surface area contributed by atoms with Crippen molar-refractivity contribution in [3.05, 3.63) is 40.2 Å². The van der Waals surface area contributed by atoms with Crippen molar-refractivity contribution in [1.29, 1.82) is 0 Å². The molecule has 0 radical (unpaired) electrons. The number of carboxylic acids is 1. The van der Waals surface area contributed by atoms with Crippen molar-refractivity contribution in [3.63, 3.8) is 0 Å².